The highest BCUT2D eigenvalue weighted by atomic mass is 19.1. The number of ether oxygens (including phenoxy) is 1. The molecule has 2 aliphatic heterocycles. The van der Waals surface area contributed by atoms with Crippen molar-refractivity contribution in [2.75, 3.05) is 12.0 Å². The zero-order valence-corrected chi connectivity index (χ0v) is 21.9. The number of rotatable bonds is 4. The highest BCUT2D eigenvalue weighted by Crippen LogP contribution is 2.61. The van der Waals surface area contributed by atoms with Crippen LogP contribution in [-0.4, -0.2) is 36.5 Å². The van der Waals surface area contributed by atoms with E-state index in [1.54, 1.807) is 77.7 Å². The van der Waals surface area contributed by atoms with Crippen LogP contribution in [0.5, 0.6) is 5.75 Å². The van der Waals surface area contributed by atoms with Gasteiger partial charge in [-0.05, 0) is 42.0 Å². The van der Waals surface area contributed by atoms with Gasteiger partial charge in [0.05, 0.1) is 13.2 Å². The van der Waals surface area contributed by atoms with Crippen LogP contribution in [0.2, 0.25) is 0 Å². The summed E-state index contributed by atoms with van der Waals surface area (Å²) in [7, 11) is 1.49. The zero-order chi connectivity index (χ0) is 28.5. The van der Waals surface area contributed by atoms with E-state index in [1.165, 1.54) is 37.4 Å². The molecule has 1 aliphatic carbocycles. The molecule has 0 radical (unpaired) electrons. The molecule has 1 saturated heterocycles. The lowest BCUT2D eigenvalue weighted by molar-refractivity contribution is 0.0664. The zero-order valence-electron chi connectivity index (χ0n) is 21.9. The first-order valence-electron chi connectivity index (χ1n) is 13.3. The van der Waals surface area contributed by atoms with Gasteiger partial charge in [-0.2, -0.15) is 0 Å². The van der Waals surface area contributed by atoms with Crippen LogP contribution < -0.4 is 9.64 Å². The maximum absolute atomic E-state index is 15.8. The monoisotopic (exact) mass is 547 g/mol. The topological polar surface area (TPSA) is 63.7 Å². The SMILES string of the molecule is COc1cccc(C(=O)[C@@H]2[C@H](c3ccccc3F)C3(C(=O)c4ccccc4C3=O)[C@H]3C=Cc4cc(F)ccc4N23)c1. The maximum Gasteiger partial charge on any atom is 0.186 e. The third kappa shape index (κ3) is 3.35. The Balaban J connectivity index is 1.56. The molecule has 7 heteroatoms. The minimum absolute atomic E-state index is 0.0923. The summed E-state index contributed by atoms with van der Waals surface area (Å²) in [5.41, 5.74) is -0.0134. The van der Waals surface area contributed by atoms with Crippen molar-refractivity contribution in [1.82, 2.24) is 0 Å². The Labute approximate surface area is 234 Å². The molecule has 1 spiro atoms. The fourth-order valence-electron chi connectivity index (χ4n) is 6.97. The number of carbonyl (C=O) groups excluding carboxylic acids is 3. The Morgan fingerprint density at radius 1 is 0.854 bits per heavy atom. The van der Waals surface area contributed by atoms with Crippen molar-refractivity contribution < 1.29 is 27.9 Å². The fourth-order valence-corrected chi connectivity index (χ4v) is 6.97. The lowest BCUT2D eigenvalue weighted by Gasteiger charge is -2.37. The van der Waals surface area contributed by atoms with E-state index in [-0.39, 0.29) is 22.3 Å². The number of hydrogen-bond donors (Lipinski definition) is 0. The van der Waals surface area contributed by atoms with Gasteiger partial charge < -0.3 is 9.64 Å². The van der Waals surface area contributed by atoms with Crippen molar-refractivity contribution in [3.05, 3.63) is 137 Å². The molecule has 2 heterocycles. The van der Waals surface area contributed by atoms with Gasteiger partial charge in [0.1, 0.15) is 28.8 Å². The lowest BCUT2D eigenvalue weighted by Crippen LogP contribution is -2.48. The van der Waals surface area contributed by atoms with Crippen molar-refractivity contribution >= 4 is 29.1 Å². The Kier molecular flexibility index (Phi) is 5.54. The molecule has 4 aromatic carbocycles. The number of hydrogen-bond acceptors (Lipinski definition) is 5. The molecule has 3 atom stereocenters. The van der Waals surface area contributed by atoms with Crippen LogP contribution in [0.4, 0.5) is 14.5 Å². The van der Waals surface area contributed by atoms with Gasteiger partial charge in [-0.1, -0.05) is 66.7 Å². The van der Waals surface area contributed by atoms with Crippen molar-refractivity contribution in [2.24, 2.45) is 5.41 Å². The summed E-state index contributed by atoms with van der Waals surface area (Å²) in [6.07, 6.45) is 3.35. The van der Waals surface area contributed by atoms with Gasteiger partial charge in [0.25, 0.3) is 0 Å². The first-order valence-corrected chi connectivity index (χ1v) is 13.3. The molecule has 41 heavy (non-hydrogen) atoms. The van der Waals surface area contributed by atoms with E-state index in [9.17, 15) is 18.8 Å². The van der Waals surface area contributed by atoms with Gasteiger partial charge in [-0.25, -0.2) is 8.78 Å². The van der Waals surface area contributed by atoms with E-state index in [2.05, 4.69) is 0 Å². The number of benzene rings is 4. The summed E-state index contributed by atoms with van der Waals surface area (Å²) in [4.78, 5) is 45.5. The molecule has 0 aromatic heterocycles. The van der Waals surface area contributed by atoms with Gasteiger partial charge in [-0.3, -0.25) is 14.4 Å². The van der Waals surface area contributed by atoms with E-state index in [4.69, 9.17) is 4.74 Å². The van der Waals surface area contributed by atoms with Crippen molar-refractivity contribution in [2.45, 2.75) is 18.0 Å². The first-order chi connectivity index (χ1) is 19.9. The molecule has 0 bridgehead atoms. The predicted molar refractivity (Wildman–Crippen MR) is 149 cm³/mol. The molecule has 5 nitrogen and oxygen atoms in total. The first kappa shape index (κ1) is 25.1. The van der Waals surface area contributed by atoms with Crippen LogP contribution in [0.25, 0.3) is 6.08 Å². The molecular weight excluding hydrogens is 524 g/mol. The third-order valence-electron chi connectivity index (χ3n) is 8.63. The molecule has 7 rings (SSSR count). The number of methoxy groups -OCH3 is 1. The predicted octanol–water partition coefficient (Wildman–Crippen LogP) is 6.29. The molecule has 0 N–H and O–H groups in total. The van der Waals surface area contributed by atoms with Gasteiger partial charge in [0, 0.05) is 33.9 Å². The number of nitrogens with zero attached hydrogens (tertiary/aromatic N) is 1. The Morgan fingerprint density at radius 2 is 1.56 bits per heavy atom. The minimum atomic E-state index is -1.84. The van der Waals surface area contributed by atoms with E-state index in [0.717, 1.165) is 0 Å². The third-order valence-corrected chi connectivity index (χ3v) is 8.63. The molecular formula is C34H23F2NO4. The highest BCUT2D eigenvalue weighted by molar-refractivity contribution is 6.32. The molecule has 1 fully saturated rings. The van der Waals surface area contributed by atoms with Gasteiger partial charge in [0.2, 0.25) is 0 Å². The summed E-state index contributed by atoms with van der Waals surface area (Å²) in [5, 5.41) is 0. The Hall–Kier alpha value is -4.91. The molecule has 0 unspecified atom stereocenters. The summed E-state index contributed by atoms with van der Waals surface area (Å²) in [5.74, 6) is -3.18. The van der Waals surface area contributed by atoms with Crippen LogP contribution in [0.3, 0.4) is 0 Å². The Morgan fingerprint density at radius 3 is 2.27 bits per heavy atom. The smallest absolute Gasteiger partial charge is 0.186 e. The maximum atomic E-state index is 15.8. The molecule has 4 aromatic rings. The van der Waals surface area contributed by atoms with E-state index in [1.807, 2.05) is 0 Å². The second-order valence-electron chi connectivity index (χ2n) is 10.5. The van der Waals surface area contributed by atoms with Gasteiger partial charge >= 0.3 is 0 Å². The summed E-state index contributed by atoms with van der Waals surface area (Å²) in [6, 6.07) is 21.1. The second kappa shape index (κ2) is 9.06. The van der Waals surface area contributed by atoms with Gasteiger partial charge in [-0.15, -0.1) is 0 Å². The van der Waals surface area contributed by atoms with Crippen LogP contribution in [0.15, 0.2) is 97.1 Å². The lowest BCUT2D eigenvalue weighted by atomic mass is 9.64. The minimum Gasteiger partial charge on any atom is -0.497 e. The molecule has 0 saturated carbocycles. The van der Waals surface area contributed by atoms with Crippen LogP contribution in [0.1, 0.15) is 48.1 Å². The number of Topliss-reactive ketones (excluding diaryl/α,β-unsaturated/α-hetero) is 3. The van der Waals surface area contributed by atoms with Crippen LogP contribution >= 0.6 is 0 Å². The van der Waals surface area contributed by atoms with Gasteiger partial charge in [0.15, 0.2) is 17.3 Å². The Bertz CT molecular complexity index is 1780. The van der Waals surface area contributed by atoms with Crippen molar-refractivity contribution in [1.29, 1.82) is 0 Å². The second-order valence-corrected chi connectivity index (χ2v) is 10.5. The standard InChI is InChI=1S/C34H23F2NO4/c1-41-22-8-6-7-20(18-22)31(38)30-29(25-11-4-5-12-26(25)36)34(32(39)23-9-2-3-10-24(23)33(34)40)28-16-13-19-17-21(35)14-15-27(19)37(28)30/h2-18,28-30H,1H3/t28-,29+,30+/m1/s1. The van der Waals surface area contributed by atoms with E-state index < -0.39 is 52.4 Å². The average Bonchev–Trinajstić information content (AvgIpc) is 3.43. The number of anilines is 1. The molecule has 0 amide bonds. The largest absolute Gasteiger partial charge is 0.497 e. The fraction of sp³-hybridized carbons (Fsp3) is 0.147. The number of fused-ring (bicyclic) bond motifs is 5. The highest BCUT2D eigenvalue weighted by Gasteiger charge is 2.71. The average molecular weight is 548 g/mol. The quantitative estimate of drug-likeness (QED) is 0.222. The molecule has 3 aliphatic rings. The summed E-state index contributed by atoms with van der Waals surface area (Å²) < 4.78 is 35.5. The number of carbonyl (C=O) groups is 3. The van der Waals surface area contributed by atoms with E-state index >= 15 is 4.39 Å². The van der Waals surface area contributed by atoms with Crippen LogP contribution in [0, 0.1) is 17.0 Å². The van der Waals surface area contributed by atoms with Crippen LogP contribution in [-0.2, 0) is 0 Å². The van der Waals surface area contributed by atoms with Crippen molar-refractivity contribution in [3.63, 3.8) is 0 Å². The number of ketones is 3. The van der Waals surface area contributed by atoms with Crippen molar-refractivity contribution in [3.8, 4) is 5.75 Å². The summed E-state index contributed by atoms with van der Waals surface area (Å²) >= 11 is 0. The van der Waals surface area contributed by atoms with E-state index in [0.29, 0.717) is 17.0 Å². The normalized spacial score (nSPS) is 21.5. The molecule has 202 valence electrons. The summed E-state index contributed by atoms with van der Waals surface area (Å²) in [6.45, 7) is 0. The number of halogens is 2.